The number of hydrogen-bond acceptors (Lipinski definition) is 1. The Hall–Kier alpha value is -1.08. The predicted octanol–water partition coefficient (Wildman–Crippen LogP) is 4.46. The van der Waals surface area contributed by atoms with Gasteiger partial charge in [0, 0.05) is 6.54 Å². The van der Waals surface area contributed by atoms with Crippen LogP contribution in [0.15, 0.2) is 29.8 Å². The summed E-state index contributed by atoms with van der Waals surface area (Å²) in [7, 11) is 0. The molecule has 0 aromatic heterocycles. The Labute approximate surface area is 112 Å². The van der Waals surface area contributed by atoms with Crippen LogP contribution in [-0.2, 0) is 0 Å². The van der Waals surface area contributed by atoms with Gasteiger partial charge in [0.25, 0.3) is 0 Å². The molecule has 1 heteroatoms. The number of rotatable bonds is 6. The van der Waals surface area contributed by atoms with Crippen LogP contribution in [0.1, 0.15) is 51.7 Å². The summed E-state index contributed by atoms with van der Waals surface area (Å²) in [6, 6.07) is 8.93. The van der Waals surface area contributed by atoms with Gasteiger partial charge in [-0.25, -0.2) is 0 Å². The summed E-state index contributed by atoms with van der Waals surface area (Å²) in [4.78, 5) is 0. The highest BCUT2D eigenvalue weighted by Gasteiger charge is 2.03. The van der Waals surface area contributed by atoms with Gasteiger partial charge in [-0.3, -0.25) is 0 Å². The fraction of sp³-hybridized carbons (Fsp3) is 0.529. The van der Waals surface area contributed by atoms with Crippen molar-refractivity contribution in [1.82, 2.24) is 5.32 Å². The molecule has 1 aromatic carbocycles. The van der Waals surface area contributed by atoms with Crippen molar-refractivity contribution in [2.24, 2.45) is 5.92 Å². The van der Waals surface area contributed by atoms with Gasteiger partial charge in [-0.05, 0) is 29.5 Å². The summed E-state index contributed by atoms with van der Waals surface area (Å²) < 4.78 is 0. The highest BCUT2D eigenvalue weighted by molar-refractivity contribution is 5.54. The van der Waals surface area contributed by atoms with E-state index in [0.717, 1.165) is 13.1 Å². The van der Waals surface area contributed by atoms with Gasteiger partial charge in [0.05, 0.1) is 0 Å². The topological polar surface area (TPSA) is 12.0 Å². The predicted molar refractivity (Wildman–Crippen MR) is 81.9 cm³/mol. The fourth-order valence-corrected chi connectivity index (χ4v) is 1.88. The maximum atomic E-state index is 3.41. The Bertz CT molecular complexity index is 371. The second-order valence-corrected chi connectivity index (χ2v) is 5.48. The van der Waals surface area contributed by atoms with Gasteiger partial charge >= 0.3 is 0 Å². The van der Waals surface area contributed by atoms with E-state index in [0.29, 0.717) is 11.8 Å². The molecule has 0 saturated carbocycles. The molecule has 0 unspecified atom stereocenters. The molecule has 1 rings (SSSR count). The third kappa shape index (κ3) is 4.66. The first kappa shape index (κ1) is 15.0. The van der Waals surface area contributed by atoms with E-state index >= 15 is 0 Å². The van der Waals surface area contributed by atoms with E-state index in [2.05, 4.69) is 70.3 Å². The molecule has 1 N–H and O–H groups in total. The summed E-state index contributed by atoms with van der Waals surface area (Å²) in [5.74, 6) is 1.20. The van der Waals surface area contributed by atoms with Gasteiger partial charge in [-0.1, -0.05) is 70.5 Å². The molecule has 0 spiro atoms. The van der Waals surface area contributed by atoms with Crippen LogP contribution >= 0.6 is 0 Å². The molecule has 0 heterocycles. The van der Waals surface area contributed by atoms with Gasteiger partial charge in [-0.2, -0.15) is 0 Å². The Balaban J connectivity index is 2.83. The fourth-order valence-electron chi connectivity index (χ4n) is 1.88. The molecule has 100 valence electrons. The van der Waals surface area contributed by atoms with Gasteiger partial charge in [0.1, 0.15) is 0 Å². The molecule has 0 atom stereocenters. The lowest BCUT2D eigenvalue weighted by molar-refractivity contribution is 0.682. The third-order valence-corrected chi connectivity index (χ3v) is 3.28. The lowest BCUT2D eigenvalue weighted by atomic mass is 9.98. The Kier molecular flexibility index (Phi) is 6.14. The Morgan fingerprint density at radius 1 is 1.11 bits per heavy atom. The first-order chi connectivity index (χ1) is 8.54. The summed E-state index contributed by atoms with van der Waals surface area (Å²) in [6.07, 6.45) is 2.32. The monoisotopic (exact) mass is 245 g/mol. The first-order valence-corrected chi connectivity index (χ1v) is 7.05. The quantitative estimate of drug-likeness (QED) is 0.780. The van der Waals surface area contributed by atoms with Crippen molar-refractivity contribution in [2.75, 3.05) is 13.1 Å². The van der Waals surface area contributed by atoms with E-state index in [9.17, 15) is 0 Å². The van der Waals surface area contributed by atoms with Crippen molar-refractivity contribution in [3.63, 3.8) is 0 Å². The highest BCUT2D eigenvalue weighted by atomic mass is 14.8. The zero-order chi connectivity index (χ0) is 13.5. The minimum absolute atomic E-state index is 0.592. The maximum absolute atomic E-state index is 3.41. The van der Waals surface area contributed by atoms with Crippen molar-refractivity contribution in [1.29, 1.82) is 0 Å². The van der Waals surface area contributed by atoms with Gasteiger partial charge in [-0.15, -0.1) is 0 Å². The van der Waals surface area contributed by atoms with Crippen molar-refractivity contribution in [3.8, 4) is 0 Å². The molecule has 0 bridgehead atoms. The van der Waals surface area contributed by atoms with Crippen LogP contribution in [0.25, 0.3) is 6.08 Å². The minimum Gasteiger partial charge on any atom is -0.313 e. The second-order valence-electron chi connectivity index (χ2n) is 5.48. The van der Waals surface area contributed by atoms with Crippen LogP contribution in [0.4, 0.5) is 0 Å². The number of hydrogen-bond donors (Lipinski definition) is 1. The van der Waals surface area contributed by atoms with E-state index in [-0.39, 0.29) is 0 Å². The van der Waals surface area contributed by atoms with Gasteiger partial charge < -0.3 is 5.32 Å². The Morgan fingerprint density at radius 2 is 1.72 bits per heavy atom. The van der Waals surface area contributed by atoms with Crippen LogP contribution in [0.5, 0.6) is 0 Å². The van der Waals surface area contributed by atoms with Crippen LogP contribution in [0, 0.1) is 5.92 Å². The molecular formula is C17H27N. The largest absolute Gasteiger partial charge is 0.313 e. The lowest BCUT2D eigenvalue weighted by Crippen LogP contribution is -2.18. The van der Waals surface area contributed by atoms with Crippen molar-refractivity contribution < 1.29 is 0 Å². The summed E-state index contributed by atoms with van der Waals surface area (Å²) in [6.45, 7) is 13.1. The summed E-state index contributed by atoms with van der Waals surface area (Å²) in [5.41, 5.74) is 4.18. The maximum Gasteiger partial charge on any atom is 0.0170 e. The first-order valence-electron chi connectivity index (χ1n) is 7.05. The Morgan fingerprint density at radius 3 is 2.17 bits per heavy atom. The average Bonchev–Trinajstić information content (AvgIpc) is 2.34. The van der Waals surface area contributed by atoms with Crippen LogP contribution in [-0.4, -0.2) is 13.1 Å². The molecule has 0 amide bonds. The van der Waals surface area contributed by atoms with E-state index in [1.807, 2.05) is 0 Å². The summed E-state index contributed by atoms with van der Waals surface area (Å²) >= 11 is 0. The zero-order valence-corrected chi connectivity index (χ0v) is 12.5. The van der Waals surface area contributed by atoms with Gasteiger partial charge in [0.15, 0.2) is 0 Å². The molecule has 0 aliphatic heterocycles. The van der Waals surface area contributed by atoms with Crippen LogP contribution in [0.2, 0.25) is 0 Å². The summed E-state index contributed by atoms with van der Waals surface area (Å²) in [5, 5.41) is 3.41. The number of nitrogens with one attached hydrogen (secondary N) is 1. The van der Waals surface area contributed by atoms with Crippen molar-refractivity contribution >= 4 is 6.08 Å². The molecule has 0 fully saturated rings. The van der Waals surface area contributed by atoms with E-state index in [1.165, 1.54) is 16.7 Å². The standard InChI is InChI=1S/C17H27N/c1-6-18-12-17(14(4)5)11-15-7-9-16(10-8-15)13(2)3/h7-11,13-14,18H,6,12H2,1-5H3. The molecular weight excluding hydrogens is 218 g/mol. The highest BCUT2D eigenvalue weighted by Crippen LogP contribution is 2.18. The third-order valence-electron chi connectivity index (χ3n) is 3.28. The van der Waals surface area contributed by atoms with E-state index < -0.39 is 0 Å². The molecule has 0 aliphatic rings. The van der Waals surface area contributed by atoms with E-state index in [1.54, 1.807) is 0 Å². The molecule has 1 aromatic rings. The van der Waals surface area contributed by atoms with Crippen LogP contribution in [0.3, 0.4) is 0 Å². The van der Waals surface area contributed by atoms with Crippen LogP contribution < -0.4 is 5.32 Å². The molecule has 0 saturated heterocycles. The molecule has 0 aliphatic carbocycles. The normalized spacial score (nSPS) is 12.5. The number of benzene rings is 1. The molecule has 18 heavy (non-hydrogen) atoms. The number of likely N-dealkylation sites (N-methyl/N-ethyl adjacent to an activating group) is 1. The smallest absolute Gasteiger partial charge is 0.0170 e. The van der Waals surface area contributed by atoms with E-state index in [4.69, 9.17) is 0 Å². The average molecular weight is 245 g/mol. The second kappa shape index (κ2) is 7.38. The van der Waals surface area contributed by atoms with Gasteiger partial charge in [0.2, 0.25) is 0 Å². The van der Waals surface area contributed by atoms with Crippen molar-refractivity contribution in [2.45, 2.75) is 40.5 Å². The minimum atomic E-state index is 0.592. The zero-order valence-electron chi connectivity index (χ0n) is 12.5. The van der Waals surface area contributed by atoms with Crippen molar-refractivity contribution in [3.05, 3.63) is 41.0 Å². The lowest BCUT2D eigenvalue weighted by Gasteiger charge is -2.12. The molecule has 1 nitrogen and oxygen atoms in total. The molecule has 0 radical (unpaired) electrons. The SMILES string of the molecule is CCNCC(=Cc1ccc(C(C)C)cc1)C(C)C.